The summed E-state index contributed by atoms with van der Waals surface area (Å²) in [5.74, 6) is 0.186. The van der Waals surface area contributed by atoms with Gasteiger partial charge in [0.1, 0.15) is 5.82 Å². The van der Waals surface area contributed by atoms with E-state index >= 15 is 0 Å². The fourth-order valence-electron chi connectivity index (χ4n) is 1.63. The lowest BCUT2D eigenvalue weighted by molar-refractivity contribution is 0.152. The highest BCUT2D eigenvalue weighted by Crippen LogP contribution is 2.19. The Morgan fingerprint density at radius 3 is 2.47 bits per heavy atom. The molecule has 3 heteroatoms. The highest BCUT2D eigenvalue weighted by atomic mass is 19.1. The van der Waals surface area contributed by atoms with Gasteiger partial charge in [0.25, 0.3) is 0 Å². The molecule has 84 valence electrons. The molecule has 2 atom stereocenters. The van der Waals surface area contributed by atoms with Crippen LogP contribution in [0.5, 0.6) is 0 Å². The van der Waals surface area contributed by atoms with E-state index in [1.165, 1.54) is 12.1 Å². The number of halogens is 1. The average Bonchev–Trinajstić information content (AvgIpc) is 2.18. The molecule has 0 amide bonds. The van der Waals surface area contributed by atoms with Crippen LogP contribution in [0.15, 0.2) is 24.3 Å². The van der Waals surface area contributed by atoms with E-state index < -0.39 is 0 Å². The number of methoxy groups -OCH3 is 1. The van der Waals surface area contributed by atoms with Crippen LogP contribution in [0.4, 0.5) is 4.39 Å². The van der Waals surface area contributed by atoms with Gasteiger partial charge in [-0.15, -0.1) is 0 Å². The van der Waals surface area contributed by atoms with Crippen molar-refractivity contribution < 1.29 is 9.13 Å². The van der Waals surface area contributed by atoms with E-state index in [2.05, 4.69) is 6.92 Å². The van der Waals surface area contributed by atoms with Gasteiger partial charge in [0.05, 0.1) is 0 Å². The molecule has 1 aromatic carbocycles. The van der Waals surface area contributed by atoms with Crippen molar-refractivity contribution >= 4 is 0 Å². The standard InChI is InChI=1S/C12H18FNO/c1-9(8-15-2)7-12(14)10-3-5-11(13)6-4-10/h3-6,9,12H,7-8,14H2,1-2H3. The minimum Gasteiger partial charge on any atom is -0.384 e. The minimum absolute atomic E-state index is 0.0456. The summed E-state index contributed by atoms with van der Waals surface area (Å²) in [5, 5.41) is 0. The Kier molecular flexibility index (Phi) is 4.72. The van der Waals surface area contributed by atoms with Gasteiger partial charge in [-0.25, -0.2) is 4.39 Å². The molecule has 2 N–H and O–H groups in total. The van der Waals surface area contributed by atoms with Gasteiger partial charge < -0.3 is 10.5 Å². The Morgan fingerprint density at radius 1 is 1.33 bits per heavy atom. The van der Waals surface area contributed by atoms with Crippen LogP contribution in [-0.4, -0.2) is 13.7 Å². The van der Waals surface area contributed by atoms with Gasteiger partial charge in [0.2, 0.25) is 0 Å². The largest absolute Gasteiger partial charge is 0.384 e. The van der Waals surface area contributed by atoms with Gasteiger partial charge >= 0.3 is 0 Å². The van der Waals surface area contributed by atoms with Crippen LogP contribution in [0.2, 0.25) is 0 Å². The Hall–Kier alpha value is -0.930. The molecule has 0 aliphatic heterocycles. The molecule has 0 spiro atoms. The molecule has 0 heterocycles. The zero-order valence-corrected chi connectivity index (χ0v) is 9.24. The highest BCUT2D eigenvalue weighted by molar-refractivity contribution is 5.19. The van der Waals surface area contributed by atoms with Crippen LogP contribution in [0.25, 0.3) is 0 Å². The molecule has 0 saturated carbocycles. The fourth-order valence-corrected chi connectivity index (χ4v) is 1.63. The van der Waals surface area contributed by atoms with E-state index in [9.17, 15) is 4.39 Å². The Labute approximate surface area is 90.2 Å². The number of hydrogen-bond acceptors (Lipinski definition) is 2. The number of nitrogens with two attached hydrogens (primary N) is 1. The van der Waals surface area contributed by atoms with Crippen LogP contribution in [0.3, 0.4) is 0 Å². The molecular formula is C12H18FNO. The van der Waals surface area contributed by atoms with Gasteiger partial charge in [-0.1, -0.05) is 19.1 Å². The lowest BCUT2D eigenvalue weighted by Gasteiger charge is -2.16. The number of hydrogen-bond donors (Lipinski definition) is 1. The van der Waals surface area contributed by atoms with Crippen molar-refractivity contribution in [3.8, 4) is 0 Å². The molecule has 15 heavy (non-hydrogen) atoms. The summed E-state index contributed by atoms with van der Waals surface area (Å²) >= 11 is 0. The van der Waals surface area contributed by atoms with E-state index in [1.54, 1.807) is 19.2 Å². The molecular weight excluding hydrogens is 193 g/mol. The van der Waals surface area contributed by atoms with Crippen molar-refractivity contribution in [2.24, 2.45) is 11.7 Å². The van der Waals surface area contributed by atoms with Crippen molar-refractivity contribution in [2.75, 3.05) is 13.7 Å². The molecule has 0 aromatic heterocycles. The van der Waals surface area contributed by atoms with Crippen molar-refractivity contribution in [1.82, 2.24) is 0 Å². The molecule has 2 nitrogen and oxygen atoms in total. The van der Waals surface area contributed by atoms with Crippen molar-refractivity contribution in [3.63, 3.8) is 0 Å². The predicted octanol–water partition coefficient (Wildman–Crippen LogP) is 2.50. The highest BCUT2D eigenvalue weighted by Gasteiger charge is 2.10. The summed E-state index contributed by atoms with van der Waals surface area (Å²) in [6.45, 7) is 2.79. The Morgan fingerprint density at radius 2 is 1.93 bits per heavy atom. The lowest BCUT2D eigenvalue weighted by atomic mass is 9.97. The summed E-state index contributed by atoms with van der Waals surface area (Å²) in [7, 11) is 1.68. The van der Waals surface area contributed by atoms with Crippen LogP contribution in [-0.2, 0) is 4.74 Å². The smallest absolute Gasteiger partial charge is 0.123 e. The normalized spacial score (nSPS) is 14.9. The monoisotopic (exact) mass is 211 g/mol. The second-order valence-electron chi connectivity index (χ2n) is 3.95. The first-order valence-corrected chi connectivity index (χ1v) is 5.13. The van der Waals surface area contributed by atoms with Crippen LogP contribution < -0.4 is 5.73 Å². The van der Waals surface area contributed by atoms with E-state index in [-0.39, 0.29) is 11.9 Å². The first-order valence-electron chi connectivity index (χ1n) is 5.13. The lowest BCUT2D eigenvalue weighted by Crippen LogP contribution is -2.16. The third-order valence-corrected chi connectivity index (χ3v) is 2.41. The zero-order valence-electron chi connectivity index (χ0n) is 9.24. The molecule has 0 radical (unpaired) electrons. The minimum atomic E-state index is -0.226. The topological polar surface area (TPSA) is 35.2 Å². The van der Waals surface area contributed by atoms with E-state index in [0.717, 1.165) is 12.0 Å². The first-order chi connectivity index (χ1) is 7.13. The van der Waals surface area contributed by atoms with E-state index in [0.29, 0.717) is 12.5 Å². The van der Waals surface area contributed by atoms with Crippen molar-refractivity contribution in [1.29, 1.82) is 0 Å². The molecule has 0 saturated heterocycles. The SMILES string of the molecule is COCC(C)CC(N)c1ccc(F)cc1. The van der Waals surface area contributed by atoms with E-state index in [4.69, 9.17) is 10.5 Å². The molecule has 2 unspecified atom stereocenters. The maximum absolute atomic E-state index is 12.7. The summed E-state index contributed by atoms with van der Waals surface area (Å²) in [4.78, 5) is 0. The summed E-state index contributed by atoms with van der Waals surface area (Å²) in [5.41, 5.74) is 6.97. The number of ether oxygens (including phenoxy) is 1. The molecule has 0 aliphatic carbocycles. The van der Waals surface area contributed by atoms with Gasteiger partial charge in [0, 0.05) is 19.8 Å². The second kappa shape index (κ2) is 5.83. The Balaban J connectivity index is 2.53. The summed E-state index contributed by atoms with van der Waals surface area (Å²) < 4.78 is 17.7. The maximum Gasteiger partial charge on any atom is 0.123 e. The maximum atomic E-state index is 12.7. The molecule has 1 aromatic rings. The van der Waals surface area contributed by atoms with Gasteiger partial charge in [-0.3, -0.25) is 0 Å². The van der Waals surface area contributed by atoms with Crippen LogP contribution >= 0.6 is 0 Å². The van der Waals surface area contributed by atoms with Crippen LogP contribution in [0.1, 0.15) is 24.9 Å². The molecule has 0 bridgehead atoms. The summed E-state index contributed by atoms with van der Waals surface area (Å²) in [6.07, 6.45) is 0.847. The molecule has 0 fully saturated rings. The quantitative estimate of drug-likeness (QED) is 0.812. The third-order valence-electron chi connectivity index (χ3n) is 2.41. The van der Waals surface area contributed by atoms with Gasteiger partial charge in [-0.05, 0) is 30.0 Å². The Bertz CT molecular complexity index is 286. The predicted molar refractivity (Wildman–Crippen MR) is 59.0 cm³/mol. The molecule has 1 rings (SSSR count). The van der Waals surface area contributed by atoms with Gasteiger partial charge in [0.15, 0.2) is 0 Å². The average molecular weight is 211 g/mol. The zero-order chi connectivity index (χ0) is 11.3. The summed E-state index contributed by atoms with van der Waals surface area (Å²) in [6, 6.07) is 6.31. The van der Waals surface area contributed by atoms with Gasteiger partial charge in [-0.2, -0.15) is 0 Å². The first kappa shape index (κ1) is 12.1. The fraction of sp³-hybridized carbons (Fsp3) is 0.500. The van der Waals surface area contributed by atoms with E-state index in [1.807, 2.05) is 0 Å². The second-order valence-corrected chi connectivity index (χ2v) is 3.95. The number of benzene rings is 1. The molecule has 0 aliphatic rings. The number of rotatable bonds is 5. The van der Waals surface area contributed by atoms with Crippen molar-refractivity contribution in [2.45, 2.75) is 19.4 Å². The van der Waals surface area contributed by atoms with Crippen molar-refractivity contribution in [3.05, 3.63) is 35.6 Å². The van der Waals surface area contributed by atoms with Crippen LogP contribution in [0, 0.1) is 11.7 Å². The third kappa shape index (κ3) is 3.98.